The predicted octanol–water partition coefficient (Wildman–Crippen LogP) is 2.95. The molecule has 0 radical (unpaired) electrons. The van der Waals surface area contributed by atoms with Gasteiger partial charge in [0.1, 0.15) is 11.5 Å². The number of hydrogen-bond donors (Lipinski definition) is 4. The van der Waals surface area contributed by atoms with Crippen LogP contribution in [0.1, 0.15) is 51.0 Å². The second kappa shape index (κ2) is 12.2. The summed E-state index contributed by atoms with van der Waals surface area (Å²) >= 11 is 0. The Morgan fingerprint density at radius 1 is 1.20 bits per heavy atom. The number of nitrogens with one attached hydrogen (secondary N) is 3. The van der Waals surface area contributed by atoms with E-state index in [1.807, 2.05) is 19.1 Å². The van der Waals surface area contributed by atoms with Gasteiger partial charge in [0.05, 0.1) is 7.11 Å². The van der Waals surface area contributed by atoms with E-state index in [9.17, 15) is 9.90 Å². The van der Waals surface area contributed by atoms with Gasteiger partial charge in [0.2, 0.25) is 5.91 Å². The summed E-state index contributed by atoms with van der Waals surface area (Å²) in [7, 11) is 1.58. The quantitative estimate of drug-likeness (QED) is 0.236. The van der Waals surface area contributed by atoms with E-state index in [2.05, 4.69) is 20.9 Å². The summed E-state index contributed by atoms with van der Waals surface area (Å²) < 4.78 is 5.12. The molecule has 0 aromatic heterocycles. The first kappa shape index (κ1) is 24.6. The third-order valence-corrected chi connectivity index (χ3v) is 5.60. The average Bonchev–Trinajstić information content (AvgIpc) is 3.53. The fourth-order valence-electron chi connectivity index (χ4n) is 3.79. The van der Waals surface area contributed by atoms with Crippen LogP contribution in [0.2, 0.25) is 0 Å². The average molecular weight is 530 g/mol. The normalized spacial score (nSPS) is 21.3. The molecule has 3 rings (SSSR count). The van der Waals surface area contributed by atoms with E-state index >= 15 is 0 Å². The molecule has 30 heavy (non-hydrogen) atoms. The van der Waals surface area contributed by atoms with E-state index in [1.165, 1.54) is 0 Å². The van der Waals surface area contributed by atoms with E-state index < -0.39 is 0 Å². The zero-order valence-corrected chi connectivity index (χ0v) is 20.3. The molecule has 2 atom stereocenters. The van der Waals surface area contributed by atoms with Gasteiger partial charge < -0.3 is 25.8 Å². The van der Waals surface area contributed by atoms with Crippen LogP contribution in [0.25, 0.3) is 0 Å². The van der Waals surface area contributed by atoms with Crippen LogP contribution in [-0.4, -0.2) is 49.3 Å². The van der Waals surface area contributed by atoms with E-state index in [4.69, 9.17) is 4.74 Å². The Morgan fingerprint density at radius 3 is 2.67 bits per heavy atom. The molecule has 2 aliphatic carbocycles. The van der Waals surface area contributed by atoms with Gasteiger partial charge in [0.25, 0.3) is 0 Å². The number of phenolic OH excluding ortho intramolecular Hbond substituents is 1. The Hall–Kier alpha value is -1.71. The van der Waals surface area contributed by atoms with Crippen molar-refractivity contribution in [3.05, 3.63) is 23.8 Å². The van der Waals surface area contributed by atoms with Crippen molar-refractivity contribution in [1.82, 2.24) is 16.0 Å². The number of amides is 1. The van der Waals surface area contributed by atoms with Crippen LogP contribution in [0.3, 0.4) is 0 Å². The molecule has 0 heterocycles. The minimum Gasteiger partial charge on any atom is -0.508 e. The maximum Gasteiger partial charge on any atom is 0.223 e. The van der Waals surface area contributed by atoms with Crippen molar-refractivity contribution in [3.8, 4) is 11.5 Å². The third-order valence-electron chi connectivity index (χ3n) is 5.60. The van der Waals surface area contributed by atoms with Gasteiger partial charge in [-0.3, -0.25) is 9.79 Å². The van der Waals surface area contributed by atoms with Crippen LogP contribution >= 0.6 is 24.0 Å². The van der Waals surface area contributed by atoms with Gasteiger partial charge in [0, 0.05) is 37.2 Å². The number of halogens is 1. The van der Waals surface area contributed by atoms with Crippen molar-refractivity contribution >= 4 is 35.8 Å². The molecule has 1 amide bonds. The fraction of sp³-hybridized carbons (Fsp3) is 0.636. The highest BCUT2D eigenvalue weighted by Gasteiger charge is 2.31. The van der Waals surface area contributed by atoms with Gasteiger partial charge in [-0.05, 0) is 57.1 Å². The number of benzene rings is 1. The highest BCUT2D eigenvalue weighted by Crippen LogP contribution is 2.27. The Morgan fingerprint density at radius 2 is 2.00 bits per heavy atom. The minimum atomic E-state index is 0. The van der Waals surface area contributed by atoms with E-state index in [0.29, 0.717) is 24.8 Å². The maximum absolute atomic E-state index is 12.4. The molecule has 0 spiro atoms. The highest BCUT2D eigenvalue weighted by molar-refractivity contribution is 14.0. The Labute approximate surface area is 196 Å². The molecule has 1 aromatic carbocycles. The molecule has 0 saturated heterocycles. The lowest BCUT2D eigenvalue weighted by Crippen LogP contribution is -2.47. The summed E-state index contributed by atoms with van der Waals surface area (Å²) in [5, 5.41) is 20.0. The number of methoxy groups -OCH3 is 1. The molecule has 2 fully saturated rings. The number of carbonyl (C=O) groups is 1. The predicted molar refractivity (Wildman–Crippen MR) is 130 cm³/mol. The number of hydrogen-bond acceptors (Lipinski definition) is 4. The third kappa shape index (κ3) is 7.52. The van der Waals surface area contributed by atoms with Crippen molar-refractivity contribution in [3.63, 3.8) is 0 Å². The van der Waals surface area contributed by atoms with Gasteiger partial charge in [-0.15, -0.1) is 24.0 Å². The van der Waals surface area contributed by atoms with Gasteiger partial charge in [0.15, 0.2) is 5.96 Å². The topological polar surface area (TPSA) is 95.0 Å². The molecule has 2 aliphatic rings. The second-order valence-corrected chi connectivity index (χ2v) is 7.99. The zero-order valence-electron chi connectivity index (χ0n) is 17.9. The number of nitrogens with zero attached hydrogens (tertiary/aromatic N) is 1. The monoisotopic (exact) mass is 530 g/mol. The first-order valence-electron chi connectivity index (χ1n) is 10.8. The van der Waals surface area contributed by atoms with Crippen molar-refractivity contribution in [2.45, 2.75) is 64.0 Å². The molecule has 8 heteroatoms. The minimum absolute atomic E-state index is 0. The van der Waals surface area contributed by atoms with E-state index in [0.717, 1.165) is 56.6 Å². The molecule has 7 nitrogen and oxygen atoms in total. The van der Waals surface area contributed by atoms with Crippen LogP contribution in [-0.2, 0) is 11.2 Å². The fourth-order valence-corrected chi connectivity index (χ4v) is 3.79. The summed E-state index contributed by atoms with van der Waals surface area (Å²) in [4.78, 5) is 17.1. The van der Waals surface area contributed by atoms with Gasteiger partial charge in [-0.2, -0.15) is 0 Å². The van der Waals surface area contributed by atoms with Gasteiger partial charge in [-0.25, -0.2) is 0 Å². The lowest BCUT2D eigenvalue weighted by atomic mass is 9.85. The summed E-state index contributed by atoms with van der Waals surface area (Å²) in [6, 6.07) is 6.01. The van der Waals surface area contributed by atoms with Gasteiger partial charge in [-0.1, -0.05) is 12.5 Å². The maximum atomic E-state index is 12.4. The molecule has 0 aliphatic heterocycles. The molecule has 2 saturated carbocycles. The lowest BCUT2D eigenvalue weighted by Gasteiger charge is -2.30. The molecule has 2 unspecified atom stereocenters. The summed E-state index contributed by atoms with van der Waals surface area (Å²) in [5.74, 6) is 1.96. The number of guanidine groups is 1. The number of ether oxygens (including phenoxy) is 1. The Bertz CT molecular complexity index is 724. The Kier molecular flexibility index (Phi) is 10.0. The van der Waals surface area contributed by atoms with Crippen molar-refractivity contribution < 1.29 is 14.6 Å². The molecular formula is C22H35IN4O3. The van der Waals surface area contributed by atoms with Crippen molar-refractivity contribution in [2.75, 3.05) is 20.2 Å². The zero-order chi connectivity index (χ0) is 20.6. The van der Waals surface area contributed by atoms with Crippen LogP contribution in [0.5, 0.6) is 11.5 Å². The first-order valence-corrected chi connectivity index (χ1v) is 10.8. The number of rotatable bonds is 8. The summed E-state index contributed by atoms with van der Waals surface area (Å²) in [5.41, 5.74) is 0.847. The highest BCUT2D eigenvalue weighted by atomic mass is 127. The Balaban J connectivity index is 0.00000320. The number of aromatic hydroxyl groups is 1. The molecule has 168 valence electrons. The molecule has 4 N–H and O–H groups in total. The van der Waals surface area contributed by atoms with Crippen molar-refractivity contribution in [1.29, 1.82) is 0 Å². The van der Waals surface area contributed by atoms with Crippen LogP contribution in [0.4, 0.5) is 0 Å². The van der Waals surface area contributed by atoms with Crippen LogP contribution in [0, 0.1) is 5.92 Å². The first-order chi connectivity index (χ1) is 14.1. The number of carbonyl (C=O) groups excluding carboxylic acids is 1. The van der Waals surface area contributed by atoms with E-state index in [1.54, 1.807) is 13.2 Å². The standard InChI is InChI=1S/C22H34N4O3.HI/c1-3-23-22(24-12-11-15-7-10-19(29-2)14-20(15)27)26-18-6-4-5-16(13-18)21(28)25-17-8-9-17;/h7,10,14,16-18,27H,3-6,8-9,11-13H2,1-2H3,(H,25,28)(H2,23,24,26);1H. The molecule has 0 bridgehead atoms. The smallest absolute Gasteiger partial charge is 0.223 e. The summed E-state index contributed by atoms with van der Waals surface area (Å²) in [6.45, 7) is 3.38. The largest absolute Gasteiger partial charge is 0.508 e. The number of phenols is 1. The molecule has 1 aromatic rings. The molecular weight excluding hydrogens is 495 g/mol. The summed E-state index contributed by atoms with van der Waals surface area (Å²) in [6.07, 6.45) is 6.82. The van der Waals surface area contributed by atoms with Crippen LogP contribution < -0.4 is 20.7 Å². The second-order valence-electron chi connectivity index (χ2n) is 7.99. The lowest BCUT2D eigenvalue weighted by molar-refractivity contribution is -0.126. The SMILES string of the molecule is CCNC(=NCCc1ccc(OC)cc1O)NC1CCCC(C(=O)NC2CC2)C1.I. The van der Waals surface area contributed by atoms with Gasteiger partial charge >= 0.3 is 0 Å². The number of aliphatic imine (C=N–C) groups is 1. The van der Waals surface area contributed by atoms with Crippen LogP contribution in [0.15, 0.2) is 23.2 Å². The van der Waals surface area contributed by atoms with E-state index in [-0.39, 0.29) is 47.6 Å². The van der Waals surface area contributed by atoms with Crippen molar-refractivity contribution in [2.24, 2.45) is 10.9 Å².